The van der Waals surface area contributed by atoms with Gasteiger partial charge in [-0.25, -0.2) is 8.42 Å². The van der Waals surface area contributed by atoms with Gasteiger partial charge in [-0.3, -0.25) is 0 Å². The molecule has 0 saturated carbocycles. The summed E-state index contributed by atoms with van der Waals surface area (Å²) in [6.07, 6.45) is 0. The van der Waals surface area contributed by atoms with Gasteiger partial charge in [-0.15, -0.1) is 0 Å². The molecule has 136 valence electrons. The Hall–Kier alpha value is -2.09. The van der Waals surface area contributed by atoms with Crippen LogP contribution in [0.2, 0.25) is 5.02 Å². The van der Waals surface area contributed by atoms with Crippen LogP contribution >= 0.6 is 11.6 Å². The summed E-state index contributed by atoms with van der Waals surface area (Å²) in [7, 11) is -3.48. The standard InChI is InChI=1S/C18H18ClN3O3S/c1-13-5-7-14(8-6-13)26(23,24)22-11-9-21(10-12-22)18-17-15(19)3-2-4-16(17)25-20-18/h2-8H,9-12H2,1H3. The van der Waals surface area contributed by atoms with Crippen LogP contribution < -0.4 is 4.90 Å². The Balaban J connectivity index is 1.54. The summed E-state index contributed by atoms with van der Waals surface area (Å²) in [6.45, 7) is 3.75. The first-order valence-corrected chi connectivity index (χ1v) is 10.1. The molecule has 1 fully saturated rings. The summed E-state index contributed by atoms with van der Waals surface area (Å²) < 4.78 is 32.5. The number of anilines is 1. The zero-order valence-corrected chi connectivity index (χ0v) is 15.8. The number of benzene rings is 2. The topological polar surface area (TPSA) is 66.7 Å². The van der Waals surface area contributed by atoms with Crippen LogP contribution in [0.25, 0.3) is 11.0 Å². The molecule has 0 atom stereocenters. The van der Waals surface area contributed by atoms with E-state index in [9.17, 15) is 8.42 Å². The van der Waals surface area contributed by atoms with Crippen molar-refractivity contribution in [2.45, 2.75) is 11.8 Å². The van der Waals surface area contributed by atoms with Gasteiger partial charge in [0.2, 0.25) is 10.0 Å². The number of hydrogen-bond donors (Lipinski definition) is 0. The van der Waals surface area contributed by atoms with Gasteiger partial charge in [0.1, 0.15) is 0 Å². The van der Waals surface area contributed by atoms with Gasteiger partial charge in [0, 0.05) is 26.2 Å². The number of aryl methyl sites for hydroxylation is 1. The van der Waals surface area contributed by atoms with Crippen molar-refractivity contribution in [3.05, 3.63) is 53.1 Å². The van der Waals surface area contributed by atoms with E-state index in [1.807, 2.05) is 36.1 Å². The molecule has 4 rings (SSSR count). The van der Waals surface area contributed by atoms with E-state index in [0.717, 1.165) is 10.9 Å². The van der Waals surface area contributed by atoms with Crippen molar-refractivity contribution >= 4 is 38.4 Å². The first-order valence-electron chi connectivity index (χ1n) is 8.32. The molecule has 1 saturated heterocycles. The Kier molecular flexibility index (Phi) is 4.38. The number of fused-ring (bicyclic) bond motifs is 1. The number of sulfonamides is 1. The van der Waals surface area contributed by atoms with Gasteiger partial charge in [0.05, 0.1) is 15.3 Å². The SMILES string of the molecule is Cc1ccc(S(=O)(=O)N2CCN(c3noc4cccc(Cl)c34)CC2)cc1. The van der Waals surface area contributed by atoms with E-state index < -0.39 is 10.0 Å². The molecule has 0 aliphatic carbocycles. The Morgan fingerprint density at radius 3 is 2.42 bits per heavy atom. The van der Waals surface area contributed by atoms with Gasteiger partial charge in [-0.2, -0.15) is 4.31 Å². The van der Waals surface area contributed by atoms with Crippen molar-refractivity contribution in [3.8, 4) is 0 Å². The van der Waals surface area contributed by atoms with Gasteiger partial charge in [-0.1, -0.05) is 40.5 Å². The van der Waals surface area contributed by atoms with E-state index in [0.29, 0.717) is 47.5 Å². The average molecular weight is 392 g/mol. The summed E-state index contributed by atoms with van der Waals surface area (Å²) in [5.41, 5.74) is 1.66. The Labute approximate surface area is 157 Å². The number of piperazine rings is 1. The third-order valence-corrected chi connectivity index (χ3v) is 6.85. The average Bonchev–Trinajstić information content (AvgIpc) is 3.08. The lowest BCUT2D eigenvalue weighted by atomic mass is 10.2. The quantitative estimate of drug-likeness (QED) is 0.685. The largest absolute Gasteiger partial charge is 0.354 e. The molecule has 0 N–H and O–H groups in total. The molecule has 0 unspecified atom stereocenters. The third-order valence-electron chi connectivity index (χ3n) is 4.63. The number of hydrogen-bond acceptors (Lipinski definition) is 5. The predicted molar refractivity (Wildman–Crippen MR) is 101 cm³/mol. The van der Waals surface area contributed by atoms with Crippen LogP contribution in [0.3, 0.4) is 0 Å². The van der Waals surface area contributed by atoms with E-state index >= 15 is 0 Å². The molecular formula is C18H18ClN3O3S. The summed E-state index contributed by atoms with van der Waals surface area (Å²) in [5.74, 6) is 0.665. The van der Waals surface area contributed by atoms with Crippen LogP contribution in [-0.4, -0.2) is 44.1 Å². The second-order valence-electron chi connectivity index (χ2n) is 6.32. The number of nitrogens with zero attached hydrogens (tertiary/aromatic N) is 3. The fraction of sp³-hybridized carbons (Fsp3) is 0.278. The maximum Gasteiger partial charge on any atom is 0.243 e. The molecule has 8 heteroatoms. The van der Waals surface area contributed by atoms with Gasteiger partial charge in [-0.05, 0) is 31.2 Å². The molecule has 0 amide bonds. The second kappa shape index (κ2) is 6.57. The molecule has 2 aromatic carbocycles. The number of halogens is 1. The summed E-state index contributed by atoms with van der Waals surface area (Å²) in [4.78, 5) is 2.34. The minimum absolute atomic E-state index is 0.325. The zero-order valence-electron chi connectivity index (χ0n) is 14.2. The van der Waals surface area contributed by atoms with E-state index in [-0.39, 0.29) is 0 Å². The monoisotopic (exact) mass is 391 g/mol. The van der Waals surface area contributed by atoms with E-state index in [1.165, 1.54) is 4.31 Å². The van der Waals surface area contributed by atoms with Gasteiger partial charge in [0.25, 0.3) is 0 Å². The molecule has 1 aromatic heterocycles. The summed E-state index contributed by atoms with van der Waals surface area (Å²) >= 11 is 6.28. The maximum atomic E-state index is 12.8. The lowest BCUT2D eigenvalue weighted by Gasteiger charge is -2.34. The third kappa shape index (κ3) is 2.96. The Morgan fingerprint density at radius 2 is 1.73 bits per heavy atom. The second-order valence-corrected chi connectivity index (χ2v) is 8.67. The molecule has 0 spiro atoms. The van der Waals surface area contributed by atoms with Crippen LogP contribution in [0, 0.1) is 6.92 Å². The number of rotatable bonds is 3. The predicted octanol–water partition coefficient (Wildman–Crippen LogP) is 3.30. The van der Waals surface area contributed by atoms with Crippen molar-refractivity contribution in [3.63, 3.8) is 0 Å². The molecule has 6 nitrogen and oxygen atoms in total. The molecule has 2 heterocycles. The molecule has 0 radical (unpaired) electrons. The lowest BCUT2D eigenvalue weighted by Crippen LogP contribution is -2.48. The van der Waals surface area contributed by atoms with Crippen molar-refractivity contribution in [2.24, 2.45) is 0 Å². The normalized spacial score (nSPS) is 16.3. The zero-order chi connectivity index (χ0) is 18.3. The van der Waals surface area contributed by atoms with E-state index in [1.54, 1.807) is 18.2 Å². The molecule has 26 heavy (non-hydrogen) atoms. The fourth-order valence-electron chi connectivity index (χ4n) is 3.15. The van der Waals surface area contributed by atoms with Gasteiger partial charge < -0.3 is 9.42 Å². The van der Waals surface area contributed by atoms with Crippen LogP contribution in [0.4, 0.5) is 5.82 Å². The van der Waals surface area contributed by atoms with Crippen molar-refractivity contribution in [2.75, 3.05) is 31.1 Å². The van der Waals surface area contributed by atoms with Crippen LogP contribution in [0.5, 0.6) is 0 Å². The minimum atomic E-state index is -3.48. The van der Waals surface area contributed by atoms with Crippen LogP contribution in [-0.2, 0) is 10.0 Å². The fourth-order valence-corrected chi connectivity index (χ4v) is 4.82. The summed E-state index contributed by atoms with van der Waals surface area (Å²) in [5, 5.41) is 5.48. The van der Waals surface area contributed by atoms with Crippen molar-refractivity contribution in [1.29, 1.82) is 0 Å². The van der Waals surface area contributed by atoms with Crippen molar-refractivity contribution in [1.82, 2.24) is 9.46 Å². The Morgan fingerprint density at radius 1 is 1.04 bits per heavy atom. The highest BCUT2D eigenvalue weighted by atomic mass is 35.5. The molecular weight excluding hydrogens is 374 g/mol. The van der Waals surface area contributed by atoms with Gasteiger partial charge >= 0.3 is 0 Å². The first kappa shape index (κ1) is 17.3. The van der Waals surface area contributed by atoms with Crippen LogP contribution in [0.15, 0.2) is 51.9 Å². The van der Waals surface area contributed by atoms with Crippen LogP contribution in [0.1, 0.15) is 5.56 Å². The maximum absolute atomic E-state index is 12.8. The molecule has 1 aliphatic rings. The van der Waals surface area contributed by atoms with E-state index in [2.05, 4.69) is 5.16 Å². The smallest absolute Gasteiger partial charge is 0.243 e. The highest BCUT2D eigenvalue weighted by molar-refractivity contribution is 7.89. The van der Waals surface area contributed by atoms with E-state index in [4.69, 9.17) is 16.1 Å². The molecule has 1 aliphatic heterocycles. The highest BCUT2D eigenvalue weighted by Gasteiger charge is 2.30. The minimum Gasteiger partial charge on any atom is -0.354 e. The number of aromatic nitrogens is 1. The molecule has 3 aromatic rings. The van der Waals surface area contributed by atoms with Crippen molar-refractivity contribution < 1.29 is 12.9 Å². The van der Waals surface area contributed by atoms with Gasteiger partial charge in [0.15, 0.2) is 11.4 Å². The molecule has 0 bridgehead atoms. The first-order chi connectivity index (χ1) is 12.5. The summed E-state index contributed by atoms with van der Waals surface area (Å²) in [6, 6.07) is 12.4. The highest BCUT2D eigenvalue weighted by Crippen LogP contribution is 2.33. The Bertz CT molecular complexity index is 1040. The lowest BCUT2D eigenvalue weighted by molar-refractivity contribution is 0.379.